The number of halogens is 1. The molecule has 2 saturated heterocycles. The lowest BCUT2D eigenvalue weighted by Crippen LogP contribution is -2.48. The van der Waals surface area contributed by atoms with Gasteiger partial charge in [-0.1, -0.05) is 37.6 Å². The molecule has 2 unspecified atom stereocenters. The van der Waals surface area contributed by atoms with Crippen LogP contribution >= 0.6 is 24.0 Å². The van der Waals surface area contributed by atoms with Crippen molar-refractivity contribution < 1.29 is 0 Å². The lowest BCUT2D eigenvalue weighted by Gasteiger charge is -2.39. The maximum Gasteiger partial charge on any atom is 0.193 e. The first-order valence-electron chi connectivity index (χ1n) is 11.5. The van der Waals surface area contributed by atoms with Crippen molar-refractivity contribution in [3.8, 4) is 0 Å². The summed E-state index contributed by atoms with van der Waals surface area (Å²) in [5.74, 6) is 1.63. The second kappa shape index (κ2) is 11.9. The van der Waals surface area contributed by atoms with Crippen molar-refractivity contribution >= 4 is 29.9 Å². The number of imidazole rings is 1. The van der Waals surface area contributed by atoms with Crippen molar-refractivity contribution in [2.75, 3.05) is 33.2 Å². The Kier molecular flexibility index (Phi) is 9.19. The lowest BCUT2D eigenvalue weighted by molar-refractivity contribution is 0.189. The molecule has 4 rings (SSSR count). The molecule has 1 aromatic carbocycles. The molecule has 2 aliphatic heterocycles. The highest BCUT2D eigenvalue weighted by Crippen LogP contribution is 2.27. The van der Waals surface area contributed by atoms with Crippen molar-refractivity contribution in [3.63, 3.8) is 0 Å². The summed E-state index contributed by atoms with van der Waals surface area (Å²) < 4.78 is 2.24. The van der Waals surface area contributed by atoms with E-state index < -0.39 is 0 Å². The fourth-order valence-electron chi connectivity index (χ4n) is 4.75. The molecule has 0 aliphatic carbocycles. The van der Waals surface area contributed by atoms with Crippen LogP contribution in [0.3, 0.4) is 0 Å². The molecule has 0 radical (unpaired) electrons. The zero-order valence-electron chi connectivity index (χ0n) is 18.9. The van der Waals surface area contributed by atoms with E-state index in [0.717, 1.165) is 38.6 Å². The second-order valence-electron chi connectivity index (χ2n) is 8.84. The van der Waals surface area contributed by atoms with E-state index in [1.54, 1.807) is 0 Å². The molecule has 31 heavy (non-hydrogen) atoms. The summed E-state index contributed by atoms with van der Waals surface area (Å²) in [6, 6.07) is 9.52. The van der Waals surface area contributed by atoms with Crippen LogP contribution in [-0.2, 0) is 13.1 Å². The lowest BCUT2D eigenvalue weighted by atomic mass is 9.93. The minimum atomic E-state index is 0. The van der Waals surface area contributed by atoms with Crippen LogP contribution in [0, 0.1) is 5.92 Å². The molecule has 1 aromatic heterocycles. The number of nitrogens with one attached hydrogen (secondary N) is 1. The highest BCUT2D eigenvalue weighted by molar-refractivity contribution is 14.0. The van der Waals surface area contributed by atoms with Gasteiger partial charge in [0.25, 0.3) is 0 Å². The number of piperidine rings is 2. The minimum absolute atomic E-state index is 0. The third-order valence-electron chi connectivity index (χ3n) is 6.67. The topological polar surface area (TPSA) is 48.7 Å². The van der Waals surface area contributed by atoms with Gasteiger partial charge < -0.3 is 14.8 Å². The number of aliphatic imine (C=N–C) groups is 1. The van der Waals surface area contributed by atoms with Crippen LogP contribution in [0.4, 0.5) is 0 Å². The highest BCUT2D eigenvalue weighted by Gasteiger charge is 2.28. The molecule has 2 atom stereocenters. The van der Waals surface area contributed by atoms with Gasteiger partial charge in [0.05, 0.1) is 12.4 Å². The first-order valence-corrected chi connectivity index (χ1v) is 11.5. The minimum Gasteiger partial charge on any atom is -0.352 e. The smallest absolute Gasteiger partial charge is 0.193 e. The van der Waals surface area contributed by atoms with Crippen molar-refractivity contribution in [2.24, 2.45) is 10.9 Å². The quantitative estimate of drug-likeness (QED) is 0.355. The maximum absolute atomic E-state index is 4.56. The number of rotatable bonds is 5. The van der Waals surface area contributed by atoms with Gasteiger partial charge in [-0.05, 0) is 49.4 Å². The average molecular weight is 537 g/mol. The molecule has 2 aromatic rings. The first kappa shape index (κ1) is 24.0. The van der Waals surface area contributed by atoms with Gasteiger partial charge in [-0.25, -0.2) is 4.98 Å². The van der Waals surface area contributed by atoms with Gasteiger partial charge in [0.1, 0.15) is 0 Å². The Morgan fingerprint density at radius 2 is 1.84 bits per heavy atom. The van der Waals surface area contributed by atoms with Crippen LogP contribution in [0.5, 0.6) is 0 Å². The predicted octanol–water partition coefficient (Wildman–Crippen LogP) is 4.15. The SMILES string of the molecule is CN=C(NCc1ccc(CN2CCCCC2)cc1)N1CCC(C)C(n2ccnc2)C1.I. The Morgan fingerprint density at radius 1 is 1.10 bits per heavy atom. The van der Waals surface area contributed by atoms with Crippen molar-refractivity contribution in [1.82, 2.24) is 24.7 Å². The van der Waals surface area contributed by atoms with Crippen LogP contribution in [0.2, 0.25) is 0 Å². The largest absolute Gasteiger partial charge is 0.352 e. The first-order chi connectivity index (χ1) is 14.7. The van der Waals surface area contributed by atoms with E-state index in [-0.39, 0.29) is 24.0 Å². The molecule has 1 N–H and O–H groups in total. The summed E-state index contributed by atoms with van der Waals surface area (Å²) in [6.45, 7) is 8.72. The van der Waals surface area contributed by atoms with E-state index >= 15 is 0 Å². The second-order valence-corrected chi connectivity index (χ2v) is 8.84. The summed E-state index contributed by atoms with van der Waals surface area (Å²) in [4.78, 5) is 13.8. The van der Waals surface area contributed by atoms with E-state index in [1.807, 2.05) is 19.6 Å². The van der Waals surface area contributed by atoms with E-state index in [9.17, 15) is 0 Å². The Bertz CT molecular complexity index is 798. The summed E-state index contributed by atoms with van der Waals surface area (Å²) in [5, 5.41) is 3.58. The Balaban J connectivity index is 0.00000272. The average Bonchev–Trinajstić information content (AvgIpc) is 3.32. The normalized spacial score (nSPS) is 22.8. The van der Waals surface area contributed by atoms with Gasteiger partial charge in [0.2, 0.25) is 0 Å². The molecule has 0 bridgehead atoms. The van der Waals surface area contributed by atoms with Crippen LogP contribution in [-0.4, -0.2) is 58.5 Å². The predicted molar refractivity (Wildman–Crippen MR) is 138 cm³/mol. The van der Waals surface area contributed by atoms with Gasteiger partial charge in [-0.2, -0.15) is 0 Å². The number of guanidine groups is 1. The summed E-state index contributed by atoms with van der Waals surface area (Å²) in [5.41, 5.74) is 2.72. The van der Waals surface area contributed by atoms with Crippen LogP contribution in [0.15, 0.2) is 48.0 Å². The van der Waals surface area contributed by atoms with Crippen molar-refractivity contribution in [1.29, 1.82) is 0 Å². The molecule has 2 fully saturated rings. The summed E-state index contributed by atoms with van der Waals surface area (Å²) in [6.07, 6.45) is 11.1. The maximum atomic E-state index is 4.56. The van der Waals surface area contributed by atoms with Gasteiger partial charge in [-0.15, -0.1) is 24.0 Å². The molecule has 7 heteroatoms. The van der Waals surface area contributed by atoms with E-state index in [2.05, 4.69) is 67.0 Å². The van der Waals surface area contributed by atoms with Crippen LogP contribution < -0.4 is 5.32 Å². The summed E-state index contributed by atoms with van der Waals surface area (Å²) >= 11 is 0. The highest BCUT2D eigenvalue weighted by atomic mass is 127. The molecule has 0 saturated carbocycles. The van der Waals surface area contributed by atoms with E-state index in [4.69, 9.17) is 0 Å². The number of likely N-dealkylation sites (tertiary alicyclic amines) is 2. The molecule has 3 heterocycles. The number of hydrogen-bond donors (Lipinski definition) is 1. The van der Waals surface area contributed by atoms with Gasteiger partial charge in [-0.3, -0.25) is 9.89 Å². The number of aromatic nitrogens is 2. The van der Waals surface area contributed by atoms with E-state index in [0.29, 0.717) is 12.0 Å². The van der Waals surface area contributed by atoms with Crippen LogP contribution in [0.25, 0.3) is 0 Å². The molecular formula is C24H37IN6. The third kappa shape index (κ3) is 6.44. The van der Waals surface area contributed by atoms with E-state index in [1.165, 1.54) is 43.5 Å². The standard InChI is InChI=1S/C24H36N6.HI/c1-20-10-14-29(18-23(20)30-15-11-26-19-30)24(25-2)27-16-21-6-8-22(9-7-21)17-28-12-4-3-5-13-28;/h6-9,11,15,19-20,23H,3-5,10,12-14,16-18H2,1-2H3,(H,25,27);1H. The van der Waals surface area contributed by atoms with Crippen molar-refractivity contribution in [3.05, 3.63) is 54.1 Å². The number of hydrogen-bond acceptors (Lipinski definition) is 3. The van der Waals surface area contributed by atoms with Gasteiger partial charge in [0, 0.05) is 45.6 Å². The molecule has 0 amide bonds. The summed E-state index contributed by atoms with van der Waals surface area (Å²) in [7, 11) is 1.88. The Labute approximate surface area is 204 Å². The fourth-order valence-corrected chi connectivity index (χ4v) is 4.75. The Hall–Kier alpha value is -1.61. The molecule has 170 valence electrons. The zero-order valence-corrected chi connectivity index (χ0v) is 21.2. The molecule has 6 nitrogen and oxygen atoms in total. The fraction of sp³-hybridized carbons (Fsp3) is 0.583. The van der Waals surface area contributed by atoms with Crippen LogP contribution in [0.1, 0.15) is 49.8 Å². The van der Waals surface area contributed by atoms with Crippen molar-refractivity contribution in [2.45, 2.75) is 51.7 Å². The number of nitrogens with zero attached hydrogens (tertiary/aromatic N) is 5. The monoisotopic (exact) mass is 536 g/mol. The molecule has 2 aliphatic rings. The molecule has 0 spiro atoms. The Morgan fingerprint density at radius 3 is 2.52 bits per heavy atom. The van der Waals surface area contributed by atoms with Gasteiger partial charge >= 0.3 is 0 Å². The number of benzene rings is 1. The third-order valence-corrected chi connectivity index (χ3v) is 6.67. The zero-order chi connectivity index (χ0) is 20.8. The van der Waals surface area contributed by atoms with Gasteiger partial charge in [0.15, 0.2) is 5.96 Å². The molecular weight excluding hydrogens is 499 g/mol.